The summed E-state index contributed by atoms with van der Waals surface area (Å²) in [7, 11) is 1.44. The number of benzene rings is 1. The minimum atomic E-state index is -0.763. The summed E-state index contributed by atoms with van der Waals surface area (Å²) in [4.78, 5) is 26.9. The fraction of sp³-hybridized carbons (Fsp3) is 0.467. The van der Waals surface area contributed by atoms with Crippen molar-refractivity contribution in [1.82, 2.24) is 9.80 Å². The van der Waals surface area contributed by atoms with Gasteiger partial charge in [0.05, 0.1) is 26.2 Å². The number of carbonyl (C=O) groups excluding carboxylic acids is 2. The van der Waals surface area contributed by atoms with Gasteiger partial charge in [0, 0.05) is 25.7 Å². The normalized spacial score (nSPS) is 14.8. The van der Waals surface area contributed by atoms with E-state index in [1.54, 1.807) is 4.90 Å². The third-order valence-corrected chi connectivity index (χ3v) is 3.55. The van der Waals surface area contributed by atoms with E-state index in [-0.39, 0.29) is 18.0 Å². The summed E-state index contributed by atoms with van der Waals surface area (Å²) in [6, 6.07) is 3.44. The average molecular weight is 312 g/mol. The maximum Gasteiger partial charge on any atom is 0.242 e. The van der Waals surface area contributed by atoms with Crippen LogP contribution in [0.2, 0.25) is 0 Å². The zero-order valence-corrected chi connectivity index (χ0v) is 12.3. The first-order valence-corrected chi connectivity index (χ1v) is 7.01. The molecule has 22 heavy (non-hydrogen) atoms. The number of nitrogens with zero attached hydrogens (tertiary/aromatic N) is 2. The third kappa shape index (κ3) is 4.00. The van der Waals surface area contributed by atoms with Gasteiger partial charge in [0.25, 0.3) is 0 Å². The first-order chi connectivity index (χ1) is 10.5. The van der Waals surface area contributed by atoms with Crippen molar-refractivity contribution in [3.8, 4) is 0 Å². The maximum atomic E-state index is 13.5. The number of morpholine rings is 1. The van der Waals surface area contributed by atoms with Crippen molar-refractivity contribution in [3.05, 3.63) is 35.4 Å². The molecular formula is C15H18F2N2O3. The van der Waals surface area contributed by atoms with E-state index in [4.69, 9.17) is 4.74 Å². The topological polar surface area (TPSA) is 49.9 Å². The molecule has 0 atom stereocenters. The summed E-state index contributed by atoms with van der Waals surface area (Å²) in [5, 5.41) is 0. The molecule has 1 aliphatic rings. The smallest absolute Gasteiger partial charge is 0.242 e. The second kappa shape index (κ2) is 7.31. The molecule has 5 nitrogen and oxygen atoms in total. The predicted molar refractivity (Wildman–Crippen MR) is 75.1 cm³/mol. The van der Waals surface area contributed by atoms with Crippen LogP contribution in [0.4, 0.5) is 8.78 Å². The molecule has 0 N–H and O–H groups in total. The molecule has 2 amide bonds. The zero-order valence-electron chi connectivity index (χ0n) is 12.3. The molecule has 0 spiro atoms. The Morgan fingerprint density at radius 3 is 2.41 bits per heavy atom. The molecule has 120 valence electrons. The van der Waals surface area contributed by atoms with E-state index < -0.39 is 24.0 Å². The monoisotopic (exact) mass is 312 g/mol. The molecule has 0 bridgehead atoms. The molecule has 1 heterocycles. The molecule has 0 radical (unpaired) electrons. The van der Waals surface area contributed by atoms with Gasteiger partial charge >= 0.3 is 0 Å². The zero-order chi connectivity index (χ0) is 16.1. The van der Waals surface area contributed by atoms with Crippen LogP contribution < -0.4 is 0 Å². The number of carbonyl (C=O) groups is 2. The third-order valence-electron chi connectivity index (χ3n) is 3.55. The summed E-state index contributed by atoms with van der Waals surface area (Å²) < 4.78 is 32.2. The minimum Gasteiger partial charge on any atom is -0.378 e. The second-order valence-corrected chi connectivity index (χ2v) is 5.12. The van der Waals surface area contributed by atoms with Gasteiger partial charge in [-0.05, 0) is 12.1 Å². The first kappa shape index (κ1) is 16.4. The van der Waals surface area contributed by atoms with E-state index >= 15 is 0 Å². The Balaban J connectivity index is 1.93. The van der Waals surface area contributed by atoms with Crippen LogP contribution in [0.15, 0.2) is 18.2 Å². The van der Waals surface area contributed by atoms with E-state index in [1.807, 2.05) is 0 Å². The Morgan fingerprint density at radius 2 is 1.82 bits per heavy atom. The molecule has 0 aliphatic carbocycles. The Kier molecular flexibility index (Phi) is 5.43. The Hall–Kier alpha value is -2.02. The average Bonchev–Trinajstić information content (AvgIpc) is 2.51. The van der Waals surface area contributed by atoms with Gasteiger partial charge in [0.1, 0.15) is 11.6 Å². The summed E-state index contributed by atoms with van der Waals surface area (Å²) in [5.74, 6) is -2.23. The molecule has 1 aliphatic heterocycles. The number of halogens is 2. The molecule has 2 rings (SSSR count). The maximum absolute atomic E-state index is 13.5. The quantitative estimate of drug-likeness (QED) is 0.827. The van der Waals surface area contributed by atoms with Gasteiger partial charge in [0.2, 0.25) is 11.8 Å². The first-order valence-electron chi connectivity index (χ1n) is 7.01. The van der Waals surface area contributed by atoms with Crippen LogP contribution in [0, 0.1) is 11.6 Å². The number of amides is 2. The van der Waals surface area contributed by atoms with E-state index in [0.29, 0.717) is 26.3 Å². The lowest BCUT2D eigenvalue weighted by atomic mass is 10.1. The molecule has 1 aromatic rings. The van der Waals surface area contributed by atoms with Crippen molar-refractivity contribution in [3.63, 3.8) is 0 Å². The summed E-state index contributed by atoms with van der Waals surface area (Å²) in [5.41, 5.74) is -0.279. The van der Waals surface area contributed by atoms with E-state index in [2.05, 4.69) is 0 Å². The predicted octanol–water partition coefficient (Wildman–Crippen LogP) is 0.824. The van der Waals surface area contributed by atoms with Gasteiger partial charge < -0.3 is 14.5 Å². The Morgan fingerprint density at radius 1 is 1.23 bits per heavy atom. The SMILES string of the molecule is CN(CC(=O)N1CCOCC1)C(=O)Cc1c(F)cccc1F. The van der Waals surface area contributed by atoms with E-state index in [0.717, 1.165) is 12.1 Å². The van der Waals surface area contributed by atoms with E-state index in [9.17, 15) is 18.4 Å². The molecule has 0 unspecified atom stereocenters. The van der Waals surface area contributed by atoms with Crippen LogP contribution in [0.25, 0.3) is 0 Å². The van der Waals surface area contributed by atoms with Crippen molar-refractivity contribution >= 4 is 11.8 Å². The number of hydrogen-bond donors (Lipinski definition) is 0. The molecule has 1 aromatic carbocycles. The lowest BCUT2D eigenvalue weighted by molar-refractivity contribution is -0.141. The lowest BCUT2D eigenvalue weighted by Crippen LogP contribution is -2.46. The van der Waals surface area contributed by atoms with Crippen LogP contribution in [0.3, 0.4) is 0 Å². The number of rotatable bonds is 4. The van der Waals surface area contributed by atoms with Crippen LogP contribution in [0.5, 0.6) is 0 Å². The fourth-order valence-electron chi connectivity index (χ4n) is 2.19. The molecule has 1 saturated heterocycles. The summed E-state index contributed by atoms with van der Waals surface area (Å²) in [6.07, 6.45) is -0.411. The number of ether oxygens (including phenoxy) is 1. The van der Waals surface area contributed by atoms with Gasteiger partial charge in [0.15, 0.2) is 0 Å². The van der Waals surface area contributed by atoms with Crippen LogP contribution >= 0.6 is 0 Å². The van der Waals surface area contributed by atoms with Crippen LogP contribution in [0.1, 0.15) is 5.56 Å². The van der Waals surface area contributed by atoms with Crippen molar-refractivity contribution in [1.29, 1.82) is 0 Å². The molecule has 1 fully saturated rings. The van der Waals surface area contributed by atoms with Gasteiger partial charge in [-0.3, -0.25) is 9.59 Å². The Bertz CT molecular complexity index is 539. The highest BCUT2D eigenvalue weighted by Gasteiger charge is 2.22. The Labute approximate surface area is 127 Å². The molecule has 0 aromatic heterocycles. The molecular weight excluding hydrogens is 294 g/mol. The van der Waals surface area contributed by atoms with Crippen molar-refractivity contribution in [2.45, 2.75) is 6.42 Å². The summed E-state index contributed by atoms with van der Waals surface area (Å²) in [6.45, 7) is 1.81. The van der Waals surface area contributed by atoms with Crippen molar-refractivity contribution in [2.24, 2.45) is 0 Å². The van der Waals surface area contributed by atoms with Gasteiger partial charge in [-0.2, -0.15) is 0 Å². The van der Waals surface area contributed by atoms with Gasteiger partial charge in [-0.1, -0.05) is 6.07 Å². The largest absolute Gasteiger partial charge is 0.378 e. The van der Waals surface area contributed by atoms with Crippen molar-refractivity contribution in [2.75, 3.05) is 39.9 Å². The lowest BCUT2D eigenvalue weighted by Gasteiger charge is -2.28. The molecule has 7 heteroatoms. The highest BCUT2D eigenvalue weighted by molar-refractivity contribution is 5.85. The van der Waals surface area contributed by atoms with Crippen LogP contribution in [-0.4, -0.2) is 61.5 Å². The fourth-order valence-corrected chi connectivity index (χ4v) is 2.19. The number of likely N-dealkylation sites (N-methyl/N-ethyl adjacent to an activating group) is 1. The highest BCUT2D eigenvalue weighted by Crippen LogP contribution is 2.13. The van der Waals surface area contributed by atoms with Crippen molar-refractivity contribution < 1.29 is 23.1 Å². The van der Waals surface area contributed by atoms with E-state index in [1.165, 1.54) is 18.0 Å². The number of hydrogen-bond acceptors (Lipinski definition) is 3. The highest BCUT2D eigenvalue weighted by atomic mass is 19.1. The standard InChI is InChI=1S/C15H18F2N2O3/c1-18(10-15(21)19-5-7-22-8-6-19)14(20)9-11-12(16)3-2-4-13(11)17/h2-4H,5-10H2,1H3. The van der Waals surface area contributed by atoms with Gasteiger partial charge in [-0.25, -0.2) is 8.78 Å². The summed E-state index contributed by atoms with van der Waals surface area (Å²) >= 11 is 0. The second-order valence-electron chi connectivity index (χ2n) is 5.12. The molecule has 0 saturated carbocycles. The minimum absolute atomic E-state index is 0.116. The van der Waals surface area contributed by atoms with Gasteiger partial charge in [-0.15, -0.1) is 0 Å². The van der Waals surface area contributed by atoms with Crippen LogP contribution in [-0.2, 0) is 20.7 Å².